The summed E-state index contributed by atoms with van der Waals surface area (Å²) in [6.07, 6.45) is 14.8. The molecule has 5 aromatic heterocycles. The molecule has 0 atom stereocenters. The summed E-state index contributed by atoms with van der Waals surface area (Å²) in [5.74, 6) is -0.761. The molecule has 0 radical (unpaired) electrons. The van der Waals surface area contributed by atoms with E-state index in [0.29, 0.717) is 59.1 Å². The van der Waals surface area contributed by atoms with Gasteiger partial charge in [-0.25, -0.2) is 15.0 Å². The molecule has 75 heavy (non-hydrogen) atoms. The van der Waals surface area contributed by atoms with E-state index in [-0.39, 0.29) is 135 Å². The molecule has 0 bridgehead atoms. The summed E-state index contributed by atoms with van der Waals surface area (Å²) in [6.45, 7) is 16.4. The van der Waals surface area contributed by atoms with Gasteiger partial charge in [0.15, 0.2) is 29.0 Å². The predicted molar refractivity (Wildman–Crippen MR) is 285 cm³/mol. The van der Waals surface area contributed by atoms with Crippen LogP contribution >= 0.6 is 0 Å². The molecule has 5 aromatic rings. The number of ketones is 6. The fourth-order valence-corrected chi connectivity index (χ4v) is 9.01. The molecule has 0 saturated heterocycles. The third kappa shape index (κ3) is 17.3. The lowest BCUT2D eigenvalue weighted by Gasteiger charge is -2.16. The topological polar surface area (TPSA) is 227 Å². The number of hydrogen-bond donors (Lipinski definition) is 2. The van der Waals surface area contributed by atoms with Crippen LogP contribution in [0.25, 0.3) is 0 Å². The average Bonchev–Trinajstić information content (AvgIpc) is 4.21. The quantitative estimate of drug-likeness (QED) is 0.0307. The number of carbonyl (C=O) groups excluding carboxylic acids is 8. The molecule has 0 spiro atoms. The van der Waals surface area contributed by atoms with Gasteiger partial charge in [-0.05, 0) is 111 Å². The number of nitrogens with one attached hydrogen (secondary N) is 2. The first kappa shape index (κ1) is 59.0. The van der Waals surface area contributed by atoms with Crippen molar-refractivity contribution in [3.8, 4) is 0 Å². The van der Waals surface area contributed by atoms with Crippen molar-refractivity contribution in [1.29, 1.82) is 0 Å². The zero-order valence-corrected chi connectivity index (χ0v) is 45.9. The summed E-state index contributed by atoms with van der Waals surface area (Å²) in [5.41, 5.74) is 3.10. The number of nitrogens with zero attached hydrogens (tertiary/aromatic N) is 9. The lowest BCUT2D eigenvalue weighted by atomic mass is 10.1. The lowest BCUT2D eigenvalue weighted by molar-refractivity contribution is -0.121. The Hall–Kier alpha value is -6.89. The number of hydrogen-bond acceptors (Lipinski definition) is 12. The van der Waals surface area contributed by atoms with E-state index in [4.69, 9.17) is 0 Å². The molecule has 2 amide bonds. The van der Waals surface area contributed by atoms with Crippen LogP contribution in [0.2, 0.25) is 0 Å². The van der Waals surface area contributed by atoms with Gasteiger partial charge < -0.3 is 38.4 Å². The summed E-state index contributed by atoms with van der Waals surface area (Å²) < 4.78 is 8.66. The fourth-order valence-electron chi connectivity index (χ4n) is 9.01. The Balaban J connectivity index is 1.05. The molecule has 5 heterocycles. The van der Waals surface area contributed by atoms with Gasteiger partial charge in [-0.15, -0.1) is 0 Å². The Morgan fingerprint density at radius 3 is 1.56 bits per heavy atom. The summed E-state index contributed by atoms with van der Waals surface area (Å²) in [6, 6.07) is 3.26. The van der Waals surface area contributed by atoms with E-state index in [9.17, 15) is 38.4 Å². The maximum Gasteiger partial charge on any atom is 0.287 e. The Kier molecular flexibility index (Phi) is 22.1. The first-order valence-corrected chi connectivity index (χ1v) is 26.5. The van der Waals surface area contributed by atoms with Crippen molar-refractivity contribution in [2.75, 3.05) is 33.2 Å². The highest BCUT2D eigenvalue weighted by molar-refractivity contribution is 5.98. The molecule has 0 saturated carbocycles. The van der Waals surface area contributed by atoms with Crippen LogP contribution in [-0.2, 0) is 54.2 Å². The Morgan fingerprint density at radius 1 is 0.547 bits per heavy atom. The maximum absolute atomic E-state index is 13.7. The van der Waals surface area contributed by atoms with Crippen LogP contribution in [0.4, 0.5) is 0 Å². The van der Waals surface area contributed by atoms with Crippen molar-refractivity contribution in [3.63, 3.8) is 0 Å². The summed E-state index contributed by atoms with van der Waals surface area (Å²) in [4.78, 5) is 121. The number of rotatable bonds is 34. The van der Waals surface area contributed by atoms with Gasteiger partial charge in [0.1, 0.15) is 11.6 Å². The van der Waals surface area contributed by atoms with Gasteiger partial charge in [-0.3, -0.25) is 38.4 Å². The molecule has 0 unspecified atom stereocenters. The number of unbranched alkanes of at least 4 members (excludes halogenated alkanes) is 1. The molecule has 2 N–H and O–H groups in total. The molecular weight excluding hydrogens is 955 g/mol. The van der Waals surface area contributed by atoms with E-state index in [1.807, 2.05) is 46.1 Å². The van der Waals surface area contributed by atoms with Crippen LogP contribution in [0.1, 0.15) is 206 Å². The number of amides is 2. The van der Waals surface area contributed by atoms with Crippen molar-refractivity contribution in [3.05, 3.63) is 101 Å². The highest BCUT2D eigenvalue weighted by Gasteiger charge is 2.24. The SMILES string of the molecule is CCCCN(C)CCCNC(=O)CCNC(=O)c1nc(CC(=O)CCCC(=O)c2cc(CC(=O)c3nc(CC(=O)CCCC(=O)c4cc(CC(=O)c5nccn5C(C)C)cn4C)cn3C(C)C)cn2C)cn1C(C)C. The smallest absolute Gasteiger partial charge is 0.287 e. The third-order valence-electron chi connectivity index (χ3n) is 13.1. The molecule has 0 fully saturated rings. The molecule has 0 aromatic carbocycles. The van der Waals surface area contributed by atoms with Crippen molar-refractivity contribution in [1.82, 2.24) is 53.3 Å². The zero-order valence-electron chi connectivity index (χ0n) is 45.9. The van der Waals surface area contributed by atoms with Crippen LogP contribution < -0.4 is 10.6 Å². The molecule has 406 valence electrons. The minimum atomic E-state index is -0.429. The number of aromatic nitrogens is 8. The molecule has 5 rings (SSSR count). The molecule has 0 aliphatic rings. The second-order valence-corrected chi connectivity index (χ2v) is 20.6. The van der Waals surface area contributed by atoms with Gasteiger partial charge in [0.2, 0.25) is 17.5 Å². The predicted octanol–water partition coefficient (Wildman–Crippen LogP) is 7.23. The average molecular weight is 1030 g/mol. The second kappa shape index (κ2) is 28.1. The van der Waals surface area contributed by atoms with Crippen LogP contribution in [0.3, 0.4) is 0 Å². The van der Waals surface area contributed by atoms with E-state index >= 15 is 0 Å². The van der Waals surface area contributed by atoms with Gasteiger partial charge >= 0.3 is 0 Å². The number of imidazole rings is 3. The van der Waals surface area contributed by atoms with Gasteiger partial charge in [0.25, 0.3) is 5.91 Å². The van der Waals surface area contributed by atoms with Crippen molar-refractivity contribution >= 4 is 46.5 Å². The zero-order chi connectivity index (χ0) is 54.9. The van der Waals surface area contributed by atoms with Crippen molar-refractivity contribution in [2.24, 2.45) is 14.1 Å². The maximum atomic E-state index is 13.7. The van der Waals surface area contributed by atoms with Gasteiger partial charge in [0, 0.05) is 127 Å². The summed E-state index contributed by atoms with van der Waals surface area (Å²) in [5, 5.41) is 5.69. The normalized spacial score (nSPS) is 11.6. The van der Waals surface area contributed by atoms with Gasteiger partial charge in [-0.1, -0.05) is 13.3 Å². The summed E-state index contributed by atoms with van der Waals surface area (Å²) in [7, 11) is 5.56. The second-order valence-electron chi connectivity index (χ2n) is 20.6. The van der Waals surface area contributed by atoms with E-state index in [0.717, 1.165) is 32.4 Å². The Morgan fingerprint density at radius 2 is 1.04 bits per heavy atom. The molecule has 19 nitrogen and oxygen atoms in total. The van der Waals surface area contributed by atoms with Crippen molar-refractivity contribution < 1.29 is 38.4 Å². The molecule has 0 aliphatic heterocycles. The first-order valence-electron chi connectivity index (χ1n) is 26.5. The van der Waals surface area contributed by atoms with Gasteiger partial charge in [-0.2, -0.15) is 0 Å². The lowest BCUT2D eigenvalue weighted by Crippen LogP contribution is -2.33. The first-order chi connectivity index (χ1) is 35.6. The van der Waals surface area contributed by atoms with Crippen LogP contribution in [0.15, 0.2) is 49.3 Å². The fraction of sp³-hybridized carbons (Fsp3) is 0.554. The largest absolute Gasteiger partial charge is 0.356 e. The van der Waals surface area contributed by atoms with E-state index in [1.54, 1.807) is 81.7 Å². The Bertz CT molecular complexity index is 2800. The van der Waals surface area contributed by atoms with Crippen LogP contribution in [0.5, 0.6) is 0 Å². The van der Waals surface area contributed by atoms with Crippen LogP contribution in [-0.4, -0.2) is 122 Å². The highest BCUT2D eigenvalue weighted by Crippen LogP contribution is 2.21. The number of carbonyl (C=O) groups is 8. The summed E-state index contributed by atoms with van der Waals surface area (Å²) >= 11 is 0. The van der Waals surface area contributed by atoms with Crippen LogP contribution in [0, 0.1) is 0 Å². The number of aryl methyl sites for hydroxylation is 2. The van der Waals surface area contributed by atoms with E-state index < -0.39 is 5.91 Å². The highest BCUT2D eigenvalue weighted by atomic mass is 16.2. The molecule has 19 heteroatoms. The third-order valence-corrected chi connectivity index (χ3v) is 13.1. The molecular formula is C56H79N11O8. The molecule has 0 aliphatic carbocycles. The van der Waals surface area contributed by atoms with Crippen molar-refractivity contribution in [2.45, 2.75) is 156 Å². The van der Waals surface area contributed by atoms with E-state index in [1.165, 1.54) is 0 Å². The number of Topliss-reactive ketones (excluding diaryl/α,β-unsaturated/α-hetero) is 6. The monoisotopic (exact) mass is 1030 g/mol. The minimum absolute atomic E-state index is 0.000769. The Labute approximate surface area is 441 Å². The van der Waals surface area contributed by atoms with Gasteiger partial charge in [0.05, 0.1) is 35.6 Å². The minimum Gasteiger partial charge on any atom is -0.356 e. The van der Waals surface area contributed by atoms with E-state index in [2.05, 4.69) is 44.5 Å². The standard InChI is InChI=1S/C56H79N11O8/c1-11-12-24-62(8)25-15-21-57-52(74)20-22-59-56(75)55-61-43(36-67(55)39(6)7)32-45(69)17-14-19-49(71)47-28-41(34-64(47)10)30-51(73)54-60-42(35-66(54)38(4)5)31-44(68)16-13-18-48(70)46-27-40(33-63(46)9)29-50(72)53-58-23-26-65(53)37(2)3/h23,26-28,33-39H,11-22,24-25,29-32H2,1-10H3,(H,57,74)(H,59,75).